The van der Waals surface area contributed by atoms with E-state index in [1.165, 1.54) is 18.2 Å². The summed E-state index contributed by atoms with van der Waals surface area (Å²) in [6, 6.07) is 6.22. The lowest BCUT2D eigenvalue weighted by Crippen LogP contribution is -2.24. The average Bonchev–Trinajstić information content (AvgIpc) is 2.81. The molecule has 0 aromatic heterocycles. The first-order valence-electron chi connectivity index (χ1n) is 5.63. The van der Waals surface area contributed by atoms with Crippen LogP contribution in [0.1, 0.15) is 37.4 Å². The number of rotatable bonds is 2. The Morgan fingerprint density at radius 1 is 1.41 bits per heavy atom. The Kier molecular flexibility index (Phi) is 3.37. The molecular formula is C13H13ClFNO. The van der Waals surface area contributed by atoms with E-state index in [2.05, 4.69) is 6.07 Å². The molecule has 1 atom stereocenters. The van der Waals surface area contributed by atoms with E-state index in [4.69, 9.17) is 11.6 Å². The molecule has 1 N–H and O–H groups in total. The van der Waals surface area contributed by atoms with Gasteiger partial charge in [0.05, 0.1) is 11.5 Å². The summed E-state index contributed by atoms with van der Waals surface area (Å²) < 4.78 is 13.7. The van der Waals surface area contributed by atoms with E-state index >= 15 is 0 Å². The van der Waals surface area contributed by atoms with E-state index in [9.17, 15) is 14.8 Å². The third-order valence-electron chi connectivity index (χ3n) is 3.49. The quantitative estimate of drug-likeness (QED) is 0.875. The number of hydrogen-bond acceptors (Lipinski definition) is 2. The molecular weight excluding hydrogens is 241 g/mol. The van der Waals surface area contributed by atoms with E-state index < -0.39 is 17.3 Å². The van der Waals surface area contributed by atoms with E-state index in [-0.39, 0.29) is 5.56 Å². The maximum atomic E-state index is 13.7. The van der Waals surface area contributed by atoms with Crippen LogP contribution in [0.15, 0.2) is 18.2 Å². The molecule has 4 heteroatoms. The van der Waals surface area contributed by atoms with Gasteiger partial charge in [0.25, 0.3) is 0 Å². The molecule has 1 aromatic carbocycles. The number of benzene rings is 1. The monoisotopic (exact) mass is 253 g/mol. The first-order chi connectivity index (χ1) is 8.09. The molecule has 2 rings (SSSR count). The third kappa shape index (κ3) is 2.15. The normalized spacial score (nSPS) is 19.9. The third-order valence-corrected chi connectivity index (χ3v) is 3.73. The van der Waals surface area contributed by atoms with Crippen molar-refractivity contribution in [2.75, 3.05) is 0 Å². The summed E-state index contributed by atoms with van der Waals surface area (Å²) in [6.07, 6.45) is 1.90. The largest absolute Gasteiger partial charge is 0.387 e. The zero-order chi connectivity index (χ0) is 12.5. The molecule has 90 valence electrons. The molecule has 1 aromatic rings. The van der Waals surface area contributed by atoms with Crippen molar-refractivity contribution >= 4 is 11.6 Å². The first kappa shape index (κ1) is 12.3. The Bertz CT molecular complexity index is 463. The average molecular weight is 254 g/mol. The van der Waals surface area contributed by atoms with Crippen LogP contribution in [0.2, 0.25) is 5.02 Å². The highest BCUT2D eigenvalue weighted by Crippen LogP contribution is 2.47. The summed E-state index contributed by atoms with van der Waals surface area (Å²) in [5.74, 6) is -0.511. The number of nitrogens with zero attached hydrogens (tertiary/aromatic N) is 1. The van der Waals surface area contributed by atoms with Gasteiger partial charge in [-0.2, -0.15) is 5.26 Å². The maximum Gasteiger partial charge on any atom is 0.129 e. The van der Waals surface area contributed by atoms with E-state index in [0.29, 0.717) is 17.9 Å². The van der Waals surface area contributed by atoms with Gasteiger partial charge in [-0.05, 0) is 31.0 Å². The van der Waals surface area contributed by atoms with Crippen LogP contribution in [0.25, 0.3) is 0 Å². The fourth-order valence-electron chi connectivity index (χ4n) is 2.47. The van der Waals surface area contributed by atoms with Gasteiger partial charge in [-0.1, -0.05) is 24.4 Å². The Morgan fingerprint density at radius 2 is 2.06 bits per heavy atom. The molecule has 1 aliphatic rings. The van der Waals surface area contributed by atoms with Crippen molar-refractivity contribution in [3.63, 3.8) is 0 Å². The van der Waals surface area contributed by atoms with Crippen LogP contribution in [-0.2, 0) is 0 Å². The summed E-state index contributed by atoms with van der Waals surface area (Å²) in [5.41, 5.74) is -0.730. The van der Waals surface area contributed by atoms with Crippen LogP contribution in [-0.4, -0.2) is 5.11 Å². The smallest absolute Gasteiger partial charge is 0.129 e. The number of aliphatic hydroxyl groups excluding tert-OH is 1. The highest BCUT2D eigenvalue weighted by molar-refractivity contribution is 6.30. The lowest BCUT2D eigenvalue weighted by molar-refractivity contribution is 0.0639. The zero-order valence-electron chi connectivity index (χ0n) is 9.29. The van der Waals surface area contributed by atoms with Crippen molar-refractivity contribution in [2.45, 2.75) is 31.8 Å². The molecule has 2 nitrogen and oxygen atoms in total. The number of nitriles is 1. The molecule has 0 aliphatic heterocycles. The van der Waals surface area contributed by atoms with Crippen molar-refractivity contribution < 1.29 is 9.50 Å². The summed E-state index contributed by atoms with van der Waals surface area (Å²) in [4.78, 5) is 0. The molecule has 0 radical (unpaired) electrons. The second-order valence-electron chi connectivity index (χ2n) is 4.54. The lowest BCUT2D eigenvalue weighted by Gasteiger charge is -2.27. The van der Waals surface area contributed by atoms with Gasteiger partial charge in [-0.15, -0.1) is 0 Å². The second kappa shape index (κ2) is 4.64. The highest BCUT2D eigenvalue weighted by Gasteiger charge is 2.42. The Labute approximate surface area is 105 Å². The molecule has 1 fully saturated rings. The minimum Gasteiger partial charge on any atom is -0.387 e. The fourth-order valence-corrected chi connectivity index (χ4v) is 2.65. The van der Waals surface area contributed by atoms with E-state index in [1.54, 1.807) is 0 Å². The molecule has 1 aliphatic carbocycles. The van der Waals surface area contributed by atoms with Crippen molar-refractivity contribution in [3.05, 3.63) is 34.6 Å². The highest BCUT2D eigenvalue weighted by atomic mass is 35.5. The van der Waals surface area contributed by atoms with Crippen LogP contribution >= 0.6 is 11.6 Å². The van der Waals surface area contributed by atoms with Gasteiger partial charge in [-0.25, -0.2) is 4.39 Å². The van der Waals surface area contributed by atoms with Gasteiger partial charge in [0, 0.05) is 10.6 Å². The van der Waals surface area contributed by atoms with Crippen molar-refractivity contribution in [1.29, 1.82) is 5.26 Å². The second-order valence-corrected chi connectivity index (χ2v) is 4.98. The summed E-state index contributed by atoms with van der Waals surface area (Å²) in [7, 11) is 0. The molecule has 0 heterocycles. The summed E-state index contributed by atoms with van der Waals surface area (Å²) in [5, 5.41) is 19.9. The van der Waals surface area contributed by atoms with Crippen LogP contribution in [0.3, 0.4) is 0 Å². The predicted octanol–water partition coefficient (Wildman–Crippen LogP) is 3.60. The van der Waals surface area contributed by atoms with Crippen molar-refractivity contribution in [3.8, 4) is 6.07 Å². The van der Waals surface area contributed by atoms with Crippen molar-refractivity contribution in [2.24, 2.45) is 5.41 Å². The van der Waals surface area contributed by atoms with Gasteiger partial charge < -0.3 is 5.11 Å². The number of aliphatic hydroxyl groups is 1. The predicted molar refractivity (Wildman–Crippen MR) is 62.9 cm³/mol. The van der Waals surface area contributed by atoms with Crippen LogP contribution < -0.4 is 0 Å². The Balaban J connectivity index is 2.39. The van der Waals surface area contributed by atoms with E-state index in [1.807, 2.05) is 0 Å². The first-order valence-corrected chi connectivity index (χ1v) is 6.01. The molecule has 0 spiro atoms. The van der Waals surface area contributed by atoms with Crippen molar-refractivity contribution in [1.82, 2.24) is 0 Å². The van der Waals surface area contributed by atoms with Gasteiger partial charge >= 0.3 is 0 Å². The standard InChI is InChI=1S/C13H13ClFNO/c14-9-3-4-11(15)10(7-9)12(17)13(8-16)5-1-2-6-13/h3-4,7,12,17H,1-2,5-6H2. The SMILES string of the molecule is N#CC1(C(O)c2cc(Cl)ccc2F)CCCC1. The van der Waals surface area contributed by atoms with Crippen LogP contribution in [0, 0.1) is 22.6 Å². The lowest BCUT2D eigenvalue weighted by atomic mass is 9.78. The topological polar surface area (TPSA) is 44.0 Å². The Morgan fingerprint density at radius 3 is 2.65 bits per heavy atom. The molecule has 0 saturated heterocycles. The van der Waals surface area contributed by atoms with Crippen LogP contribution in [0.4, 0.5) is 4.39 Å². The van der Waals surface area contributed by atoms with Crippen LogP contribution in [0.5, 0.6) is 0 Å². The summed E-state index contributed by atoms with van der Waals surface area (Å²) in [6.45, 7) is 0. The van der Waals surface area contributed by atoms with E-state index in [0.717, 1.165) is 12.8 Å². The molecule has 1 saturated carbocycles. The summed E-state index contributed by atoms with van der Waals surface area (Å²) >= 11 is 5.80. The molecule has 17 heavy (non-hydrogen) atoms. The van der Waals surface area contributed by atoms with Gasteiger partial charge in [0.1, 0.15) is 11.9 Å². The molecule has 0 bridgehead atoms. The van der Waals surface area contributed by atoms with Gasteiger partial charge in [0.15, 0.2) is 0 Å². The number of halogens is 2. The Hall–Kier alpha value is -1.11. The molecule has 0 amide bonds. The molecule has 1 unspecified atom stereocenters. The zero-order valence-corrected chi connectivity index (χ0v) is 10.0. The number of hydrogen-bond donors (Lipinski definition) is 1. The van der Waals surface area contributed by atoms with Gasteiger partial charge in [0.2, 0.25) is 0 Å². The fraction of sp³-hybridized carbons (Fsp3) is 0.462. The minimum atomic E-state index is -1.10. The maximum absolute atomic E-state index is 13.7. The minimum absolute atomic E-state index is 0.126. The van der Waals surface area contributed by atoms with Gasteiger partial charge in [-0.3, -0.25) is 0 Å².